The van der Waals surface area contributed by atoms with Gasteiger partial charge in [-0.15, -0.1) is 24.8 Å². The van der Waals surface area contributed by atoms with Crippen molar-refractivity contribution in [2.45, 2.75) is 6.54 Å². The van der Waals surface area contributed by atoms with Gasteiger partial charge in [0.15, 0.2) is 5.76 Å². The number of carbonyl (C=O) groups is 2. The van der Waals surface area contributed by atoms with Crippen molar-refractivity contribution in [1.29, 1.82) is 0 Å². The number of halogens is 3. The molecule has 0 bridgehead atoms. The summed E-state index contributed by atoms with van der Waals surface area (Å²) in [5, 5.41) is 16.3. The lowest BCUT2D eigenvalue weighted by atomic mass is 9.96. The topological polar surface area (TPSA) is 111 Å². The quantitative estimate of drug-likeness (QED) is 0.231. The number of hydrogen-bond donors (Lipinski definition) is 3. The Balaban J connectivity index is 0.00000294. The molecule has 2 heterocycles. The van der Waals surface area contributed by atoms with E-state index in [0.717, 1.165) is 11.6 Å². The number of furan rings is 1. The Morgan fingerprint density at radius 1 is 0.927 bits per heavy atom. The van der Waals surface area contributed by atoms with Gasteiger partial charge in [-0.1, -0.05) is 12.1 Å². The van der Waals surface area contributed by atoms with E-state index in [2.05, 4.69) is 15.6 Å². The number of likely N-dealkylation sites (N-methyl/N-ethyl adjacent to an activating group) is 1. The number of aromatic nitrogens is 1. The molecule has 0 aliphatic carbocycles. The molecule has 41 heavy (non-hydrogen) atoms. The molecule has 0 radical (unpaired) electrons. The van der Waals surface area contributed by atoms with Crippen LogP contribution in [0.2, 0.25) is 0 Å². The van der Waals surface area contributed by atoms with Crippen LogP contribution in [0.3, 0.4) is 0 Å². The molecule has 0 saturated heterocycles. The molecule has 0 spiro atoms. The van der Waals surface area contributed by atoms with E-state index in [1.165, 1.54) is 24.5 Å². The number of benzene rings is 2. The fraction of sp³-hybridized carbons (Fsp3) is 0.207. The van der Waals surface area contributed by atoms with Crippen LogP contribution in [-0.4, -0.2) is 66.4 Å². The first-order valence-electron chi connectivity index (χ1n) is 12.2. The van der Waals surface area contributed by atoms with Crippen molar-refractivity contribution >= 4 is 48.1 Å². The summed E-state index contributed by atoms with van der Waals surface area (Å²) in [5.74, 6) is -1.18. The Kier molecular flexibility index (Phi) is 11.8. The molecule has 4 rings (SSSR count). The summed E-state index contributed by atoms with van der Waals surface area (Å²) < 4.78 is 19.0. The first-order valence-corrected chi connectivity index (χ1v) is 12.2. The van der Waals surface area contributed by atoms with E-state index < -0.39 is 11.7 Å². The minimum absolute atomic E-state index is 0. The third-order valence-corrected chi connectivity index (χ3v) is 5.73. The predicted octanol–water partition coefficient (Wildman–Crippen LogP) is 5.51. The molecule has 218 valence electrons. The third kappa shape index (κ3) is 8.51. The molecule has 12 heteroatoms. The minimum Gasteiger partial charge on any atom is -0.507 e. The smallest absolute Gasteiger partial charge is 0.292 e. The summed E-state index contributed by atoms with van der Waals surface area (Å²) in [6.07, 6.45) is 1.40. The number of aromatic hydroxyl groups is 1. The summed E-state index contributed by atoms with van der Waals surface area (Å²) in [6, 6.07) is 15.9. The lowest BCUT2D eigenvalue weighted by molar-refractivity contribution is -0.116. The molecule has 2 amide bonds. The summed E-state index contributed by atoms with van der Waals surface area (Å²) in [4.78, 5) is 33.7. The number of amides is 2. The maximum atomic E-state index is 13.8. The molecule has 0 aliphatic heterocycles. The molecule has 0 aliphatic rings. The molecule has 3 N–H and O–H groups in total. The molecule has 0 fully saturated rings. The van der Waals surface area contributed by atoms with E-state index in [0.29, 0.717) is 29.1 Å². The van der Waals surface area contributed by atoms with Gasteiger partial charge in [-0.05, 0) is 81.8 Å². The van der Waals surface area contributed by atoms with E-state index in [9.17, 15) is 19.1 Å². The van der Waals surface area contributed by atoms with Gasteiger partial charge in [-0.25, -0.2) is 9.37 Å². The Hall–Kier alpha value is -3.96. The van der Waals surface area contributed by atoms with Crippen LogP contribution in [-0.2, 0) is 11.3 Å². The van der Waals surface area contributed by atoms with Crippen LogP contribution >= 0.6 is 24.8 Å². The zero-order valence-electron chi connectivity index (χ0n) is 23.0. The molecule has 0 saturated carbocycles. The average Bonchev–Trinajstić information content (AvgIpc) is 3.40. The van der Waals surface area contributed by atoms with Crippen LogP contribution in [0, 0.1) is 5.82 Å². The Bertz CT molecular complexity index is 1500. The number of hydrogen-bond acceptors (Lipinski definition) is 7. The number of nitrogens with zero attached hydrogens (tertiary/aromatic N) is 3. The van der Waals surface area contributed by atoms with Gasteiger partial charge in [0.05, 0.1) is 18.5 Å². The van der Waals surface area contributed by atoms with E-state index in [4.69, 9.17) is 4.42 Å². The largest absolute Gasteiger partial charge is 0.507 e. The van der Waals surface area contributed by atoms with Gasteiger partial charge in [0.2, 0.25) is 5.91 Å². The lowest BCUT2D eigenvalue weighted by Gasteiger charge is -2.20. The normalized spacial score (nSPS) is 10.6. The summed E-state index contributed by atoms with van der Waals surface area (Å²) >= 11 is 0. The van der Waals surface area contributed by atoms with Gasteiger partial charge in [-0.2, -0.15) is 0 Å². The van der Waals surface area contributed by atoms with Crippen LogP contribution < -0.4 is 10.6 Å². The highest BCUT2D eigenvalue weighted by Gasteiger charge is 2.21. The fourth-order valence-electron chi connectivity index (χ4n) is 4.10. The van der Waals surface area contributed by atoms with Gasteiger partial charge in [0, 0.05) is 29.4 Å². The average molecular weight is 605 g/mol. The van der Waals surface area contributed by atoms with Crippen molar-refractivity contribution in [3.63, 3.8) is 0 Å². The van der Waals surface area contributed by atoms with Gasteiger partial charge in [0.25, 0.3) is 5.91 Å². The van der Waals surface area contributed by atoms with Crippen molar-refractivity contribution in [1.82, 2.24) is 14.8 Å². The van der Waals surface area contributed by atoms with Crippen molar-refractivity contribution in [2.75, 3.05) is 45.4 Å². The molecule has 4 aromatic rings. The highest BCUT2D eigenvalue weighted by molar-refractivity contribution is 6.03. The zero-order valence-corrected chi connectivity index (χ0v) is 24.6. The summed E-state index contributed by atoms with van der Waals surface area (Å²) in [7, 11) is 7.40. The van der Waals surface area contributed by atoms with Gasteiger partial charge >= 0.3 is 0 Å². The highest BCUT2D eigenvalue weighted by atomic mass is 35.5. The molecular weight excluding hydrogens is 572 g/mol. The number of phenols is 1. The highest BCUT2D eigenvalue weighted by Crippen LogP contribution is 2.37. The number of pyridine rings is 1. The standard InChI is InChI=1S/C29H30FN5O4.2ClH/c1-34(2)16-23-22(18-7-5-8-20(13-18)31-27(37)17-35(3)4)15-24(21-11-10-19(30)14-25(21)36)32-28(23)33-29(38)26-9-6-12-39-26;;/h5-15,36H,16-17H2,1-4H3,(H,31,37)(H,32,33,38);2*1H. The number of carbonyl (C=O) groups excluding carboxylic acids is 2. The van der Waals surface area contributed by atoms with Gasteiger partial charge < -0.3 is 30.0 Å². The van der Waals surface area contributed by atoms with Gasteiger partial charge in [-0.3, -0.25) is 9.59 Å². The maximum absolute atomic E-state index is 13.8. The first-order chi connectivity index (χ1) is 18.6. The lowest BCUT2D eigenvalue weighted by Crippen LogP contribution is -2.27. The minimum atomic E-state index is -0.590. The first kappa shape index (κ1) is 33.2. The predicted molar refractivity (Wildman–Crippen MR) is 162 cm³/mol. The molecular formula is C29H32Cl2FN5O4. The molecule has 2 aromatic heterocycles. The van der Waals surface area contributed by atoms with E-state index in [1.807, 2.05) is 51.3 Å². The third-order valence-electron chi connectivity index (χ3n) is 5.73. The summed E-state index contributed by atoms with van der Waals surface area (Å²) in [6.45, 7) is 0.630. The molecule has 0 atom stereocenters. The van der Waals surface area contributed by atoms with E-state index in [1.54, 1.807) is 23.1 Å². The van der Waals surface area contributed by atoms with Crippen LogP contribution in [0.1, 0.15) is 16.1 Å². The van der Waals surface area contributed by atoms with Crippen LogP contribution in [0.25, 0.3) is 22.4 Å². The molecule has 2 aromatic carbocycles. The number of anilines is 2. The monoisotopic (exact) mass is 603 g/mol. The zero-order chi connectivity index (χ0) is 28.1. The number of phenolic OH excluding ortho intramolecular Hbond substituents is 1. The Morgan fingerprint density at radius 3 is 2.32 bits per heavy atom. The second kappa shape index (κ2) is 14.6. The molecule has 9 nitrogen and oxygen atoms in total. The van der Waals surface area contributed by atoms with Crippen molar-refractivity contribution in [3.8, 4) is 28.1 Å². The van der Waals surface area contributed by atoms with Crippen molar-refractivity contribution in [3.05, 3.63) is 84.1 Å². The van der Waals surface area contributed by atoms with E-state index in [-0.39, 0.29) is 60.2 Å². The van der Waals surface area contributed by atoms with Crippen molar-refractivity contribution in [2.24, 2.45) is 0 Å². The SMILES string of the molecule is CN(C)CC(=O)Nc1cccc(-c2cc(-c3ccc(F)cc3O)nc(NC(=O)c3ccco3)c2CN(C)C)c1.Cl.Cl. The Labute approximate surface area is 250 Å². The summed E-state index contributed by atoms with van der Waals surface area (Å²) in [5.41, 5.74) is 3.35. The Morgan fingerprint density at radius 2 is 1.68 bits per heavy atom. The fourth-order valence-corrected chi connectivity index (χ4v) is 4.10. The van der Waals surface area contributed by atoms with Crippen LogP contribution in [0.5, 0.6) is 5.75 Å². The van der Waals surface area contributed by atoms with Crippen molar-refractivity contribution < 1.29 is 23.5 Å². The number of rotatable bonds is 9. The molecule has 0 unspecified atom stereocenters. The second-order valence-corrected chi connectivity index (χ2v) is 9.58. The van der Waals surface area contributed by atoms with Crippen LogP contribution in [0.4, 0.5) is 15.9 Å². The maximum Gasteiger partial charge on any atom is 0.292 e. The number of nitrogens with one attached hydrogen (secondary N) is 2. The van der Waals surface area contributed by atoms with E-state index >= 15 is 0 Å². The van der Waals surface area contributed by atoms with Crippen LogP contribution in [0.15, 0.2) is 71.3 Å². The van der Waals surface area contributed by atoms with Gasteiger partial charge in [0.1, 0.15) is 17.4 Å². The second-order valence-electron chi connectivity index (χ2n) is 9.58.